The SMILES string of the molecule is CCCNc1ncc([N+](=O)[O-])c(NCC(C)C(C)C)n1. The van der Waals surface area contributed by atoms with E-state index in [4.69, 9.17) is 0 Å². The van der Waals surface area contributed by atoms with Crippen LogP contribution >= 0.6 is 0 Å². The predicted octanol–water partition coefficient (Wildman–Crippen LogP) is 2.91. The molecule has 1 heterocycles. The smallest absolute Gasteiger partial charge is 0.329 e. The van der Waals surface area contributed by atoms with Gasteiger partial charge in [-0.2, -0.15) is 4.98 Å². The second kappa shape index (κ2) is 7.62. The molecule has 0 aliphatic carbocycles. The van der Waals surface area contributed by atoms with Crippen molar-refractivity contribution in [1.29, 1.82) is 0 Å². The Morgan fingerprint density at radius 2 is 2.05 bits per heavy atom. The minimum absolute atomic E-state index is 0.0944. The monoisotopic (exact) mass is 281 g/mol. The van der Waals surface area contributed by atoms with Gasteiger partial charge < -0.3 is 10.6 Å². The number of nitrogens with one attached hydrogen (secondary N) is 2. The molecule has 1 aromatic heterocycles. The zero-order valence-corrected chi connectivity index (χ0v) is 12.5. The molecule has 1 atom stereocenters. The second-order valence-electron chi connectivity index (χ2n) is 5.21. The second-order valence-corrected chi connectivity index (χ2v) is 5.21. The van der Waals surface area contributed by atoms with Crippen molar-refractivity contribution in [1.82, 2.24) is 9.97 Å². The summed E-state index contributed by atoms with van der Waals surface area (Å²) in [5.41, 5.74) is -0.0944. The normalized spacial score (nSPS) is 12.2. The molecule has 1 rings (SSSR count). The Labute approximate surface area is 119 Å². The van der Waals surface area contributed by atoms with Gasteiger partial charge in [-0.15, -0.1) is 0 Å². The lowest BCUT2D eigenvalue weighted by Crippen LogP contribution is -2.18. The molecule has 0 amide bonds. The number of hydrogen-bond acceptors (Lipinski definition) is 6. The molecular weight excluding hydrogens is 258 g/mol. The van der Waals surface area contributed by atoms with Crippen LogP contribution in [0.25, 0.3) is 0 Å². The Morgan fingerprint density at radius 3 is 2.60 bits per heavy atom. The van der Waals surface area contributed by atoms with E-state index in [0.717, 1.165) is 13.0 Å². The molecule has 0 fully saturated rings. The van der Waals surface area contributed by atoms with Gasteiger partial charge in [0.05, 0.1) is 4.92 Å². The first-order valence-electron chi connectivity index (χ1n) is 6.94. The number of nitro groups is 1. The first-order chi connectivity index (χ1) is 9.45. The summed E-state index contributed by atoms with van der Waals surface area (Å²) in [5.74, 6) is 1.59. The maximum atomic E-state index is 11.0. The lowest BCUT2D eigenvalue weighted by molar-refractivity contribution is -0.384. The molecule has 20 heavy (non-hydrogen) atoms. The third-order valence-electron chi connectivity index (χ3n) is 3.23. The first kappa shape index (κ1) is 16.1. The number of anilines is 2. The van der Waals surface area contributed by atoms with Gasteiger partial charge in [0.2, 0.25) is 11.8 Å². The van der Waals surface area contributed by atoms with Crippen LogP contribution in [0.4, 0.5) is 17.5 Å². The molecule has 0 aromatic carbocycles. The van der Waals surface area contributed by atoms with Crippen molar-refractivity contribution in [2.24, 2.45) is 11.8 Å². The van der Waals surface area contributed by atoms with Crippen molar-refractivity contribution in [3.05, 3.63) is 16.3 Å². The van der Waals surface area contributed by atoms with Crippen LogP contribution in [0.3, 0.4) is 0 Å². The van der Waals surface area contributed by atoms with Gasteiger partial charge in [-0.05, 0) is 18.3 Å². The van der Waals surface area contributed by atoms with Crippen LogP contribution in [0.15, 0.2) is 6.20 Å². The molecule has 2 N–H and O–H groups in total. The van der Waals surface area contributed by atoms with Crippen LogP contribution in [-0.4, -0.2) is 28.0 Å². The molecule has 0 bridgehead atoms. The van der Waals surface area contributed by atoms with Gasteiger partial charge >= 0.3 is 5.69 Å². The third kappa shape index (κ3) is 4.64. The van der Waals surface area contributed by atoms with Crippen LogP contribution < -0.4 is 10.6 Å². The summed E-state index contributed by atoms with van der Waals surface area (Å²) in [7, 11) is 0. The molecule has 0 aliphatic heterocycles. The van der Waals surface area contributed by atoms with E-state index >= 15 is 0 Å². The van der Waals surface area contributed by atoms with Crippen LogP contribution in [0.5, 0.6) is 0 Å². The number of aromatic nitrogens is 2. The standard InChI is InChI=1S/C13H23N5O2/c1-5-6-14-13-16-8-11(18(19)20)12(17-13)15-7-10(4)9(2)3/h8-10H,5-7H2,1-4H3,(H2,14,15,16,17). The third-order valence-corrected chi connectivity index (χ3v) is 3.23. The van der Waals surface area contributed by atoms with Gasteiger partial charge in [-0.3, -0.25) is 10.1 Å². The summed E-state index contributed by atoms with van der Waals surface area (Å²) >= 11 is 0. The molecule has 0 aliphatic rings. The fourth-order valence-electron chi connectivity index (χ4n) is 1.45. The van der Waals surface area contributed by atoms with Gasteiger partial charge in [0, 0.05) is 13.1 Å². The van der Waals surface area contributed by atoms with Crippen LogP contribution in [0.2, 0.25) is 0 Å². The van der Waals surface area contributed by atoms with Crippen LogP contribution in [0.1, 0.15) is 34.1 Å². The summed E-state index contributed by atoms with van der Waals surface area (Å²) in [5, 5.41) is 17.1. The van der Waals surface area contributed by atoms with E-state index in [1.165, 1.54) is 6.20 Å². The lowest BCUT2D eigenvalue weighted by atomic mass is 9.98. The largest absolute Gasteiger partial charge is 0.364 e. The van der Waals surface area contributed by atoms with Crippen molar-refractivity contribution in [3.63, 3.8) is 0 Å². The number of hydrogen-bond donors (Lipinski definition) is 2. The maximum Gasteiger partial charge on any atom is 0.329 e. The van der Waals surface area contributed by atoms with Crippen molar-refractivity contribution < 1.29 is 4.92 Å². The van der Waals surface area contributed by atoms with E-state index in [2.05, 4.69) is 41.4 Å². The van der Waals surface area contributed by atoms with Crippen LogP contribution in [0, 0.1) is 22.0 Å². The summed E-state index contributed by atoms with van der Waals surface area (Å²) in [4.78, 5) is 18.7. The minimum atomic E-state index is -0.466. The highest BCUT2D eigenvalue weighted by molar-refractivity contribution is 5.56. The molecule has 1 aromatic rings. The van der Waals surface area contributed by atoms with Gasteiger partial charge in [0.15, 0.2) is 0 Å². The molecule has 0 spiro atoms. The first-order valence-corrected chi connectivity index (χ1v) is 6.94. The molecule has 0 radical (unpaired) electrons. The zero-order valence-electron chi connectivity index (χ0n) is 12.5. The van der Waals surface area contributed by atoms with Gasteiger partial charge in [-0.25, -0.2) is 4.98 Å². The quantitative estimate of drug-likeness (QED) is 0.562. The Balaban J connectivity index is 2.85. The van der Waals surface area contributed by atoms with E-state index in [1.807, 2.05) is 6.92 Å². The van der Waals surface area contributed by atoms with E-state index < -0.39 is 4.92 Å². The topological polar surface area (TPSA) is 93.0 Å². The summed E-state index contributed by atoms with van der Waals surface area (Å²) < 4.78 is 0. The average Bonchev–Trinajstić information content (AvgIpc) is 2.42. The van der Waals surface area contributed by atoms with Gasteiger partial charge in [0.25, 0.3) is 0 Å². The Hall–Kier alpha value is -1.92. The van der Waals surface area contributed by atoms with Crippen molar-refractivity contribution in [3.8, 4) is 0 Å². The molecule has 1 unspecified atom stereocenters. The summed E-state index contributed by atoms with van der Waals surface area (Å²) in [6, 6.07) is 0. The Morgan fingerprint density at radius 1 is 1.35 bits per heavy atom. The van der Waals surface area contributed by atoms with E-state index in [1.54, 1.807) is 0 Å². The summed E-state index contributed by atoms with van der Waals surface area (Å²) in [6.45, 7) is 9.75. The molecule has 7 heteroatoms. The number of nitrogens with zero attached hydrogens (tertiary/aromatic N) is 3. The van der Waals surface area contributed by atoms with Crippen molar-refractivity contribution >= 4 is 17.5 Å². The Kier molecular flexibility index (Phi) is 6.14. The maximum absolute atomic E-state index is 11.0. The Bertz CT molecular complexity index is 450. The molecule has 7 nitrogen and oxygen atoms in total. The van der Waals surface area contributed by atoms with E-state index in [-0.39, 0.29) is 11.5 Å². The van der Waals surface area contributed by atoms with Crippen molar-refractivity contribution in [2.45, 2.75) is 34.1 Å². The predicted molar refractivity (Wildman–Crippen MR) is 80.0 cm³/mol. The minimum Gasteiger partial charge on any atom is -0.364 e. The fourth-order valence-corrected chi connectivity index (χ4v) is 1.45. The lowest BCUT2D eigenvalue weighted by Gasteiger charge is -2.16. The molecule has 0 saturated heterocycles. The van der Waals surface area contributed by atoms with Crippen molar-refractivity contribution in [2.75, 3.05) is 23.7 Å². The highest BCUT2D eigenvalue weighted by Gasteiger charge is 2.18. The highest BCUT2D eigenvalue weighted by Crippen LogP contribution is 2.23. The number of rotatable bonds is 8. The molecule has 112 valence electrons. The zero-order chi connectivity index (χ0) is 15.1. The van der Waals surface area contributed by atoms with Gasteiger partial charge in [0.1, 0.15) is 6.20 Å². The highest BCUT2D eigenvalue weighted by atomic mass is 16.6. The van der Waals surface area contributed by atoms with E-state index in [9.17, 15) is 10.1 Å². The molecule has 0 saturated carbocycles. The molecular formula is C13H23N5O2. The fraction of sp³-hybridized carbons (Fsp3) is 0.692. The average molecular weight is 281 g/mol. The summed E-state index contributed by atoms with van der Waals surface area (Å²) in [6.07, 6.45) is 2.18. The van der Waals surface area contributed by atoms with Crippen LogP contribution in [-0.2, 0) is 0 Å². The van der Waals surface area contributed by atoms with E-state index in [0.29, 0.717) is 24.3 Å². The van der Waals surface area contributed by atoms with Gasteiger partial charge in [-0.1, -0.05) is 27.7 Å².